The molecule has 4 aromatic rings. The van der Waals surface area contributed by atoms with Crippen LogP contribution < -0.4 is 5.32 Å². The molecular weight excluding hydrogens is 356 g/mol. The predicted octanol–water partition coefficient (Wildman–Crippen LogP) is 3.46. The van der Waals surface area contributed by atoms with Crippen molar-refractivity contribution in [2.75, 3.05) is 20.6 Å². The largest absolute Gasteiger partial charge is 0.461 e. The Balaban J connectivity index is 1.52. The van der Waals surface area contributed by atoms with Gasteiger partial charge in [-0.3, -0.25) is 4.79 Å². The van der Waals surface area contributed by atoms with Crippen LogP contribution >= 0.6 is 0 Å². The van der Waals surface area contributed by atoms with E-state index in [-0.39, 0.29) is 17.6 Å². The van der Waals surface area contributed by atoms with E-state index < -0.39 is 0 Å². The van der Waals surface area contributed by atoms with Crippen molar-refractivity contribution in [1.82, 2.24) is 19.9 Å². The molecule has 0 aliphatic heterocycles. The van der Waals surface area contributed by atoms with E-state index in [4.69, 9.17) is 8.94 Å². The Hall–Kier alpha value is -3.32. The van der Waals surface area contributed by atoms with Gasteiger partial charge in [-0.2, -0.15) is 0 Å². The number of aryl methyl sites for hydroxylation is 1. The van der Waals surface area contributed by atoms with Gasteiger partial charge in [-0.25, -0.2) is 0 Å². The number of fused-ring (bicyclic) bond motifs is 1. The fourth-order valence-corrected chi connectivity index (χ4v) is 3.41. The minimum Gasteiger partial charge on any atom is -0.461 e. The van der Waals surface area contributed by atoms with Crippen LogP contribution in [0.1, 0.15) is 22.1 Å². The molecule has 1 aromatic carbocycles. The van der Waals surface area contributed by atoms with Gasteiger partial charge >= 0.3 is 0 Å². The van der Waals surface area contributed by atoms with Gasteiger partial charge in [0.1, 0.15) is 0 Å². The van der Waals surface area contributed by atoms with Crippen LogP contribution in [-0.2, 0) is 7.05 Å². The third-order valence-corrected chi connectivity index (χ3v) is 4.87. The van der Waals surface area contributed by atoms with E-state index in [0.717, 1.165) is 5.52 Å². The Morgan fingerprint density at radius 1 is 1.21 bits per heavy atom. The summed E-state index contributed by atoms with van der Waals surface area (Å²) in [5.74, 6) is 0.676. The zero-order valence-corrected chi connectivity index (χ0v) is 16.0. The molecule has 0 fully saturated rings. The highest BCUT2D eigenvalue weighted by molar-refractivity contribution is 5.93. The topological polar surface area (TPSA) is 76.4 Å². The third-order valence-electron chi connectivity index (χ3n) is 4.87. The number of furan rings is 1. The van der Waals surface area contributed by atoms with Crippen LogP contribution in [0.5, 0.6) is 0 Å². The van der Waals surface area contributed by atoms with Crippen LogP contribution in [0.4, 0.5) is 0 Å². The van der Waals surface area contributed by atoms with Gasteiger partial charge in [-0.15, -0.1) is 0 Å². The average Bonchev–Trinajstić information content (AvgIpc) is 3.42. The lowest BCUT2D eigenvalue weighted by atomic mass is 10.0. The Morgan fingerprint density at radius 2 is 2.04 bits per heavy atom. The minimum atomic E-state index is -0.284. The van der Waals surface area contributed by atoms with Crippen LogP contribution in [0.3, 0.4) is 0 Å². The van der Waals surface area contributed by atoms with Crippen molar-refractivity contribution >= 4 is 16.8 Å². The quantitative estimate of drug-likeness (QED) is 0.556. The van der Waals surface area contributed by atoms with Gasteiger partial charge < -0.3 is 23.7 Å². The molecule has 0 saturated heterocycles. The summed E-state index contributed by atoms with van der Waals surface area (Å²) in [6.45, 7) is 0.447. The zero-order valence-electron chi connectivity index (χ0n) is 16.0. The number of nitrogens with zero attached hydrogens (tertiary/aromatic N) is 3. The van der Waals surface area contributed by atoms with E-state index in [1.807, 2.05) is 33.3 Å². The maximum Gasteiger partial charge on any atom is 0.273 e. The molecule has 1 N–H and O–H groups in total. The van der Waals surface area contributed by atoms with Gasteiger partial charge in [0.25, 0.3) is 5.91 Å². The normalized spacial score (nSPS) is 12.6. The molecule has 1 atom stereocenters. The molecule has 4 rings (SSSR count). The van der Waals surface area contributed by atoms with Crippen molar-refractivity contribution in [3.8, 4) is 11.5 Å². The van der Waals surface area contributed by atoms with Gasteiger partial charge in [-0.05, 0) is 37.9 Å². The maximum absolute atomic E-state index is 12.6. The Morgan fingerprint density at radius 3 is 2.79 bits per heavy atom. The highest BCUT2D eigenvalue weighted by Crippen LogP contribution is 2.28. The van der Waals surface area contributed by atoms with Crippen molar-refractivity contribution < 1.29 is 13.7 Å². The molecular formula is C21H22N4O3. The monoisotopic (exact) mass is 378 g/mol. The second-order valence-electron chi connectivity index (χ2n) is 6.96. The fourth-order valence-electron chi connectivity index (χ4n) is 3.41. The summed E-state index contributed by atoms with van der Waals surface area (Å²) in [5, 5.41) is 8.01. The van der Waals surface area contributed by atoms with E-state index in [9.17, 15) is 4.79 Å². The highest BCUT2D eigenvalue weighted by atomic mass is 16.5. The summed E-state index contributed by atoms with van der Waals surface area (Å²) < 4.78 is 12.6. The molecule has 0 aliphatic carbocycles. The number of carbonyl (C=O) groups excluding carboxylic acids is 1. The molecule has 0 unspecified atom stereocenters. The minimum absolute atomic E-state index is 0.0199. The van der Waals surface area contributed by atoms with Crippen LogP contribution in [-0.4, -0.2) is 41.2 Å². The van der Waals surface area contributed by atoms with Gasteiger partial charge in [0.05, 0.1) is 12.3 Å². The van der Waals surface area contributed by atoms with E-state index in [1.54, 1.807) is 24.5 Å². The van der Waals surface area contributed by atoms with Crippen molar-refractivity contribution in [2.24, 2.45) is 7.05 Å². The summed E-state index contributed by atoms with van der Waals surface area (Å²) >= 11 is 0. The van der Waals surface area contributed by atoms with Crippen molar-refractivity contribution in [3.63, 3.8) is 0 Å². The van der Waals surface area contributed by atoms with E-state index >= 15 is 0 Å². The lowest BCUT2D eigenvalue weighted by molar-refractivity contribution is 0.0933. The molecule has 7 heteroatoms. The first-order valence-corrected chi connectivity index (χ1v) is 9.04. The first-order valence-electron chi connectivity index (χ1n) is 9.04. The van der Waals surface area contributed by atoms with Gasteiger partial charge in [0.15, 0.2) is 11.5 Å². The van der Waals surface area contributed by atoms with Crippen molar-refractivity contribution in [2.45, 2.75) is 6.04 Å². The molecule has 0 bridgehead atoms. The summed E-state index contributed by atoms with van der Waals surface area (Å²) in [6.07, 6.45) is 3.66. The lowest BCUT2D eigenvalue weighted by Gasteiger charge is -2.24. The smallest absolute Gasteiger partial charge is 0.273 e. The molecule has 1 amide bonds. The average molecular weight is 378 g/mol. The second-order valence-corrected chi connectivity index (χ2v) is 6.96. The molecule has 0 saturated carbocycles. The third kappa shape index (κ3) is 3.32. The Labute approximate surface area is 162 Å². The molecule has 3 aromatic heterocycles. The highest BCUT2D eigenvalue weighted by Gasteiger charge is 2.21. The molecule has 3 heterocycles. The zero-order chi connectivity index (χ0) is 19.7. The van der Waals surface area contributed by atoms with E-state index in [0.29, 0.717) is 18.1 Å². The first-order chi connectivity index (χ1) is 13.5. The van der Waals surface area contributed by atoms with E-state index in [2.05, 4.69) is 38.3 Å². The summed E-state index contributed by atoms with van der Waals surface area (Å²) in [5.41, 5.74) is 2.55. The SMILES string of the molecule is CN(C)[C@@H](CNC(=O)c1cc(-c2ccco2)on1)c1cn(C)c2ccccc12. The van der Waals surface area contributed by atoms with Crippen LogP contribution in [0.25, 0.3) is 22.4 Å². The predicted molar refractivity (Wildman–Crippen MR) is 106 cm³/mol. The fraction of sp³-hybridized carbons (Fsp3) is 0.238. The van der Waals surface area contributed by atoms with Gasteiger partial charge in [0, 0.05) is 36.8 Å². The van der Waals surface area contributed by atoms with Gasteiger partial charge in [-0.1, -0.05) is 23.4 Å². The standard InChI is InChI=1S/C21H22N4O3/c1-24(2)18(15-13-25(3)17-8-5-4-7-14(15)17)12-22-21(26)16-11-20(28-23-16)19-9-6-10-27-19/h4-11,13,18H,12H2,1-3H3,(H,22,26)/t18-/m0/s1. The number of carbonyl (C=O) groups is 1. The number of hydrogen-bond acceptors (Lipinski definition) is 5. The lowest BCUT2D eigenvalue weighted by Crippen LogP contribution is -2.34. The van der Waals surface area contributed by atoms with Crippen LogP contribution in [0, 0.1) is 0 Å². The second kappa shape index (κ2) is 7.36. The molecule has 28 heavy (non-hydrogen) atoms. The molecule has 0 radical (unpaired) electrons. The Kier molecular flexibility index (Phi) is 4.75. The number of amides is 1. The van der Waals surface area contributed by atoms with Crippen LogP contribution in [0.2, 0.25) is 0 Å². The summed E-state index contributed by atoms with van der Waals surface area (Å²) in [7, 11) is 6.04. The number of nitrogens with one attached hydrogen (secondary N) is 1. The maximum atomic E-state index is 12.6. The molecule has 144 valence electrons. The number of para-hydroxylation sites is 1. The van der Waals surface area contributed by atoms with Gasteiger partial charge in [0.2, 0.25) is 5.76 Å². The number of hydrogen-bond donors (Lipinski definition) is 1. The Bertz CT molecular complexity index is 1090. The van der Waals surface area contributed by atoms with Crippen molar-refractivity contribution in [1.29, 1.82) is 0 Å². The van der Waals surface area contributed by atoms with Crippen LogP contribution in [0.15, 0.2) is 63.9 Å². The molecule has 0 aliphatic rings. The van der Waals surface area contributed by atoms with Crippen molar-refractivity contribution in [3.05, 3.63) is 66.2 Å². The first kappa shape index (κ1) is 18.1. The number of aromatic nitrogens is 2. The van der Waals surface area contributed by atoms with E-state index in [1.165, 1.54) is 10.9 Å². The summed E-state index contributed by atoms with van der Waals surface area (Å²) in [6, 6.07) is 13.4. The molecule has 7 nitrogen and oxygen atoms in total. The molecule has 0 spiro atoms. The summed E-state index contributed by atoms with van der Waals surface area (Å²) in [4.78, 5) is 14.7. The number of rotatable bonds is 6. The number of benzene rings is 1. The number of likely N-dealkylation sites (N-methyl/N-ethyl adjacent to an activating group) is 1.